The SMILES string of the molecule is COc1nc2ccc(C(O)(/C(=C/N)N(C)N)c3ccc(C)nc3C)cc2c(Cl)c1OCC1CCOCC1. The fourth-order valence-electron chi connectivity index (χ4n) is 4.79. The molecule has 0 spiro atoms. The lowest BCUT2D eigenvalue weighted by molar-refractivity contribution is 0.0493. The molecular formula is C27H34ClN5O4. The quantitative estimate of drug-likeness (QED) is 0.297. The summed E-state index contributed by atoms with van der Waals surface area (Å²) in [6, 6.07) is 8.97. The fraction of sp³-hybridized carbons (Fsp3) is 0.407. The normalized spacial score (nSPS) is 16.5. The summed E-state index contributed by atoms with van der Waals surface area (Å²) in [5, 5.41) is 14.5. The Morgan fingerprint density at radius 1 is 1.24 bits per heavy atom. The zero-order chi connectivity index (χ0) is 26.7. The van der Waals surface area contributed by atoms with Gasteiger partial charge < -0.3 is 30.1 Å². The number of ether oxygens (including phenoxy) is 3. The maximum Gasteiger partial charge on any atom is 0.258 e. The van der Waals surface area contributed by atoms with Gasteiger partial charge in [-0.3, -0.25) is 4.98 Å². The van der Waals surface area contributed by atoms with Crippen LogP contribution in [0.25, 0.3) is 10.9 Å². The molecule has 37 heavy (non-hydrogen) atoms. The Morgan fingerprint density at radius 3 is 2.59 bits per heavy atom. The molecule has 10 heteroatoms. The van der Waals surface area contributed by atoms with Gasteiger partial charge in [0, 0.05) is 48.8 Å². The summed E-state index contributed by atoms with van der Waals surface area (Å²) in [5.41, 5.74) is 7.62. The zero-order valence-electron chi connectivity index (χ0n) is 21.6. The number of hydrazine groups is 1. The number of methoxy groups -OCH3 is 1. The molecule has 3 aromatic rings. The van der Waals surface area contributed by atoms with Crippen molar-refractivity contribution in [2.24, 2.45) is 17.5 Å². The van der Waals surface area contributed by atoms with Crippen LogP contribution in [0.3, 0.4) is 0 Å². The minimum Gasteiger partial charge on any atom is -0.486 e. The molecule has 1 atom stereocenters. The minimum absolute atomic E-state index is 0.272. The van der Waals surface area contributed by atoms with Gasteiger partial charge in [-0.25, -0.2) is 10.8 Å². The molecule has 1 fully saturated rings. The molecule has 4 rings (SSSR count). The number of pyridine rings is 2. The third-order valence-corrected chi connectivity index (χ3v) is 7.16. The van der Waals surface area contributed by atoms with Crippen LogP contribution < -0.4 is 21.1 Å². The van der Waals surface area contributed by atoms with Crippen LogP contribution in [0.5, 0.6) is 11.6 Å². The molecule has 1 aromatic carbocycles. The van der Waals surface area contributed by atoms with E-state index in [1.54, 1.807) is 25.2 Å². The first-order valence-electron chi connectivity index (χ1n) is 12.2. The molecule has 1 aliphatic rings. The predicted molar refractivity (Wildman–Crippen MR) is 143 cm³/mol. The van der Waals surface area contributed by atoms with Crippen LogP contribution in [-0.4, -0.2) is 54.1 Å². The number of benzene rings is 1. The highest BCUT2D eigenvalue weighted by molar-refractivity contribution is 6.37. The summed E-state index contributed by atoms with van der Waals surface area (Å²) >= 11 is 6.90. The van der Waals surface area contributed by atoms with Gasteiger partial charge in [0.15, 0.2) is 5.60 Å². The summed E-state index contributed by atoms with van der Waals surface area (Å²) in [6.45, 7) is 5.64. The Labute approximate surface area is 222 Å². The van der Waals surface area contributed by atoms with Gasteiger partial charge >= 0.3 is 0 Å². The van der Waals surface area contributed by atoms with E-state index in [0.717, 1.165) is 31.7 Å². The maximum atomic E-state index is 12.3. The van der Waals surface area contributed by atoms with Crippen molar-refractivity contribution in [1.82, 2.24) is 15.0 Å². The number of aryl methyl sites for hydroxylation is 2. The maximum absolute atomic E-state index is 12.3. The van der Waals surface area contributed by atoms with Gasteiger partial charge in [0.2, 0.25) is 5.75 Å². The first-order valence-corrected chi connectivity index (χ1v) is 12.5. The molecule has 5 N–H and O–H groups in total. The molecule has 0 radical (unpaired) electrons. The number of nitrogens with zero attached hydrogens (tertiary/aromatic N) is 3. The lowest BCUT2D eigenvalue weighted by Gasteiger charge is -2.36. The highest BCUT2D eigenvalue weighted by atomic mass is 35.5. The predicted octanol–water partition coefficient (Wildman–Crippen LogP) is 3.56. The first-order chi connectivity index (χ1) is 17.7. The lowest BCUT2D eigenvalue weighted by atomic mass is 9.82. The van der Waals surface area contributed by atoms with Crippen molar-refractivity contribution in [3.8, 4) is 11.6 Å². The molecule has 3 heterocycles. The summed E-state index contributed by atoms with van der Waals surface area (Å²) in [6.07, 6.45) is 3.13. The monoisotopic (exact) mass is 527 g/mol. The van der Waals surface area contributed by atoms with E-state index < -0.39 is 5.60 Å². The van der Waals surface area contributed by atoms with Gasteiger partial charge in [-0.2, -0.15) is 0 Å². The molecule has 0 aliphatic carbocycles. The van der Waals surface area contributed by atoms with E-state index in [2.05, 4.69) is 9.97 Å². The van der Waals surface area contributed by atoms with E-state index >= 15 is 0 Å². The molecule has 1 aliphatic heterocycles. The average Bonchev–Trinajstić information content (AvgIpc) is 2.88. The van der Waals surface area contributed by atoms with Crippen molar-refractivity contribution in [3.05, 3.63) is 69.8 Å². The van der Waals surface area contributed by atoms with E-state index in [1.807, 2.05) is 26.0 Å². The molecule has 0 saturated carbocycles. The Kier molecular flexibility index (Phi) is 8.08. The van der Waals surface area contributed by atoms with Crippen LogP contribution >= 0.6 is 11.6 Å². The Bertz CT molecular complexity index is 1310. The number of fused-ring (bicyclic) bond motifs is 1. The highest BCUT2D eigenvalue weighted by Crippen LogP contribution is 2.43. The number of aromatic nitrogens is 2. The van der Waals surface area contributed by atoms with E-state index in [0.29, 0.717) is 56.9 Å². The molecule has 0 bridgehead atoms. The Morgan fingerprint density at radius 2 is 1.97 bits per heavy atom. The van der Waals surface area contributed by atoms with Crippen LogP contribution in [0, 0.1) is 19.8 Å². The molecule has 0 amide bonds. The van der Waals surface area contributed by atoms with Gasteiger partial charge in [0.05, 0.1) is 30.0 Å². The second-order valence-electron chi connectivity index (χ2n) is 9.32. The first kappa shape index (κ1) is 26.9. The van der Waals surface area contributed by atoms with Crippen molar-refractivity contribution in [2.45, 2.75) is 32.3 Å². The van der Waals surface area contributed by atoms with E-state index in [4.69, 9.17) is 37.4 Å². The molecule has 9 nitrogen and oxygen atoms in total. The van der Waals surface area contributed by atoms with Crippen molar-refractivity contribution in [1.29, 1.82) is 0 Å². The minimum atomic E-state index is -1.72. The van der Waals surface area contributed by atoms with Gasteiger partial charge in [0.25, 0.3) is 5.88 Å². The molecule has 198 valence electrons. The number of hydrogen-bond acceptors (Lipinski definition) is 9. The number of halogens is 1. The number of rotatable bonds is 8. The van der Waals surface area contributed by atoms with Crippen molar-refractivity contribution >= 4 is 22.5 Å². The third-order valence-electron chi connectivity index (χ3n) is 6.79. The Balaban J connectivity index is 1.86. The van der Waals surface area contributed by atoms with Crippen LogP contribution in [-0.2, 0) is 10.3 Å². The topological polar surface area (TPSA) is 129 Å². The number of aliphatic hydroxyl groups is 1. The smallest absolute Gasteiger partial charge is 0.258 e. The standard InChI is InChI=1S/C27H34ClN5O4/c1-16-5-7-21(17(2)31-16)27(34,23(14-29)33(3)30)19-6-8-22-20(13-19)24(28)25(26(32-22)35-4)37-15-18-9-11-36-12-10-18/h5-8,13-14,18,34H,9-12,15,29-30H2,1-4H3/b23-14-. The second-order valence-corrected chi connectivity index (χ2v) is 9.70. The summed E-state index contributed by atoms with van der Waals surface area (Å²) < 4.78 is 17.1. The van der Waals surface area contributed by atoms with Gasteiger partial charge in [0.1, 0.15) is 0 Å². The largest absolute Gasteiger partial charge is 0.486 e. The molecule has 1 unspecified atom stereocenters. The van der Waals surface area contributed by atoms with Crippen LogP contribution in [0.4, 0.5) is 0 Å². The number of hydrogen-bond donors (Lipinski definition) is 3. The van der Waals surface area contributed by atoms with E-state index in [9.17, 15) is 5.11 Å². The highest BCUT2D eigenvalue weighted by Gasteiger charge is 2.40. The van der Waals surface area contributed by atoms with Crippen LogP contribution in [0.15, 0.2) is 42.2 Å². The summed E-state index contributed by atoms with van der Waals surface area (Å²) in [5.74, 6) is 7.15. The van der Waals surface area contributed by atoms with E-state index in [1.165, 1.54) is 18.3 Å². The summed E-state index contributed by atoms with van der Waals surface area (Å²) in [7, 11) is 3.14. The zero-order valence-corrected chi connectivity index (χ0v) is 22.4. The van der Waals surface area contributed by atoms with Crippen molar-refractivity contribution < 1.29 is 19.3 Å². The molecule has 2 aromatic heterocycles. The van der Waals surface area contributed by atoms with Crippen LogP contribution in [0.1, 0.15) is 35.4 Å². The number of likely N-dealkylation sites (N-methyl/N-ethyl adjacent to an activating group) is 1. The Hall–Kier alpha value is -3.11. The fourth-order valence-corrected chi connectivity index (χ4v) is 5.08. The second kappa shape index (κ2) is 11.1. The lowest BCUT2D eigenvalue weighted by Crippen LogP contribution is -2.42. The van der Waals surface area contributed by atoms with Crippen molar-refractivity contribution in [2.75, 3.05) is 34.0 Å². The van der Waals surface area contributed by atoms with Gasteiger partial charge in [-0.05, 0) is 56.4 Å². The van der Waals surface area contributed by atoms with E-state index in [-0.39, 0.29) is 5.70 Å². The molecule has 1 saturated heterocycles. The third kappa shape index (κ3) is 5.17. The van der Waals surface area contributed by atoms with Gasteiger partial charge in [-0.1, -0.05) is 23.7 Å². The number of nitrogens with two attached hydrogens (primary N) is 2. The average molecular weight is 528 g/mol. The summed E-state index contributed by atoms with van der Waals surface area (Å²) in [4.78, 5) is 9.17. The van der Waals surface area contributed by atoms with Crippen molar-refractivity contribution in [3.63, 3.8) is 0 Å². The van der Waals surface area contributed by atoms with Crippen LogP contribution in [0.2, 0.25) is 5.02 Å². The molecular weight excluding hydrogens is 494 g/mol. The van der Waals surface area contributed by atoms with Gasteiger partial charge in [-0.15, -0.1) is 0 Å².